The first-order valence-electron chi connectivity index (χ1n) is 9.49. The molecule has 3 heterocycles. The molecule has 0 spiro atoms. The van der Waals surface area contributed by atoms with Gasteiger partial charge < -0.3 is 19.5 Å². The predicted octanol–water partition coefficient (Wildman–Crippen LogP) is 2.42. The van der Waals surface area contributed by atoms with Gasteiger partial charge in [-0.2, -0.15) is 0 Å². The Labute approximate surface area is 178 Å². The topological polar surface area (TPSA) is 75.1 Å². The third-order valence-corrected chi connectivity index (χ3v) is 7.09. The Kier molecular flexibility index (Phi) is 5.56. The van der Waals surface area contributed by atoms with E-state index in [1.165, 1.54) is 18.4 Å². The first-order chi connectivity index (χ1) is 13.8. The maximum Gasteiger partial charge on any atom is 0.255 e. The lowest BCUT2D eigenvalue weighted by Crippen LogP contribution is -2.63. The number of fused-ring (bicyclic) bond motifs is 1. The number of morpholine rings is 1. The summed E-state index contributed by atoms with van der Waals surface area (Å²) in [6, 6.07) is 5.23. The Hall–Kier alpha value is -1.71. The van der Waals surface area contributed by atoms with Crippen molar-refractivity contribution in [3.63, 3.8) is 0 Å². The van der Waals surface area contributed by atoms with Crippen molar-refractivity contribution in [1.82, 2.24) is 14.8 Å². The van der Waals surface area contributed by atoms with Crippen molar-refractivity contribution < 1.29 is 19.4 Å². The van der Waals surface area contributed by atoms with Crippen molar-refractivity contribution in [2.24, 2.45) is 0 Å². The fraction of sp³-hybridized carbons (Fsp3) is 0.500. The first kappa shape index (κ1) is 20.6. The fourth-order valence-electron chi connectivity index (χ4n) is 4.03. The van der Waals surface area contributed by atoms with Crippen molar-refractivity contribution in [3.05, 3.63) is 44.4 Å². The second-order valence-electron chi connectivity index (χ2n) is 7.44. The number of rotatable bonds is 3. The van der Waals surface area contributed by atoms with E-state index >= 15 is 0 Å². The van der Waals surface area contributed by atoms with Crippen LogP contribution >= 0.6 is 22.9 Å². The average molecular weight is 438 g/mol. The van der Waals surface area contributed by atoms with E-state index in [2.05, 4.69) is 9.88 Å². The smallest absolute Gasteiger partial charge is 0.255 e. The largest absolute Gasteiger partial charge is 0.495 e. The van der Waals surface area contributed by atoms with E-state index in [0.29, 0.717) is 49.1 Å². The summed E-state index contributed by atoms with van der Waals surface area (Å²) in [5.74, 6) is -0.991. The highest BCUT2D eigenvalue weighted by Gasteiger charge is 2.45. The van der Waals surface area contributed by atoms with Gasteiger partial charge in [0.2, 0.25) is 5.79 Å². The number of thiazole rings is 1. The van der Waals surface area contributed by atoms with Gasteiger partial charge in [-0.05, 0) is 26.0 Å². The predicted molar refractivity (Wildman–Crippen MR) is 111 cm³/mol. The van der Waals surface area contributed by atoms with Crippen molar-refractivity contribution in [2.45, 2.75) is 25.7 Å². The van der Waals surface area contributed by atoms with E-state index in [1.54, 1.807) is 23.1 Å². The number of nitrogens with zero attached hydrogens (tertiary/aromatic N) is 3. The van der Waals surface area contributed by atoms with Crippen LogP contribution in [0, 0.1) is 13.8 Å². The van der Waals surface area contributed by atoms with Crippen molar-refractivity contribution in [1.29, 1.82) is 0 Å². The van der Waals surface area contributed by atoms with Crippen molar-refractivity contribution in [2.75, 3.05) is 39.9 Å². The number of halogens is 1. The van der Waals surface area contributed by atoms with Gasteiger partial charge in [0, 0.05) is 19.6 Å². The average Bonchev–Trinajstić information content (AvgIpc) is 3.06. The summed E-state index contributed by atoms with van der Waals surface area (Å²) in [5.41, 5.74) is 1.23. The van der Waals surface area contributed by atoms with Gasteiger partial charge in [-0.1, -0.05) is 17.7 Å². The first-order valence-corrected chi connectivity index (χ1v) is 10.7. The zero-order chi connectivity index (χ0) is 20.8. The minimum absolute atomic E-state index is 0.0201. The molecule has 9 heteroatoms. The monoisotopic (exact) mass is 437 g/mol. The van der Waals surface area contributed by atoms with Crippen molar-refractivity contribution >= 4 is 28.8 Å². The van der Waals surface area contributed by atoms with Crippen LogP contribution in [0.2, 0.25) is 5.02 Å². The number of methoxy groups -OCH3 is 1. The summed E-state index contributed by atoms with van der Waals surface area (Å²) >= 11 is 7.80. The normalized spacial score (nSPS) is 25.0. The van der Waals surface area contributed by atoms with Gasteiger partial charge in [-0.25, -0.2) is 4.98 Å². The zero-order valence-corrected chi connectivity index (χ0v) is 18.2. The molecule has 0 bridgehead atoms. The SMILES string of the molecule is COc1cccc(C(=O)N2CCN3C[C@](O)(c4sc(C)nc4C)OC[C@@H]3C2)c1Cl. The molecule has 1 amide bonds. The molecular weight excluding hydrogens is 414 g/mol. The molecule has 1 aromatic carbocycles. The van der Waals surface area contributed by atoms with E-state index in [-0.39, 0.29) is 11.9 Å². The van der Waals surface area contributed by atoms with Gasteiger partial charge in [0.25, 0.3) is 5.91 Å². The molecule has 4 rings (SSSR count). The molecule has 0 aliphatic carbocycles. The number of aliphatic hydroxyl groups is 1. The highest BCUT2D eigenvalue weighted by atomic mass is 35.5. The molecular formula is C20H24ClN3O4S. The van der Waals surface area contributed by atoms with Gasteiger partial charge in [0.1, 0.15) is 5.75 Å². The van der Waals surface area contributed by atoms with Gasteiger partial charge in [0.15, 0.2) is 0 Å². The molecule has 2 aliphatic heterocycles. The summed E-state index contributed by atoms with van der Waals surface area (Å²) in [7, 11) is 1.53. The molecule has 2 aliphatic rings. The van der Waals surface area contributed by atoms with Crippen LogP contribution in [-0.2, 0) is 10.5 Å². The zero-order valence-electron chi connectivity index (χ0n) is 16.6. The second-order valence-corrected chi connectivity index (χ2v) is 9.02. The molecule has 7 nitrogen and oxygen atoms in total. The molecule has 156 valence electrons. The van der Waals surface area contributed by atoms with Crippen molar-refractivity contribution in [3.8, 4) is 5.75 Å². The Balaban J connectivity index is 1.47. The maximum atomic E-state index is 13.0. The number of ether oxygens (including phenoxy) is 2. The molecule has 0 unspecified atom stereocenters. The number of carbonyl (C=O) groups excluding carboxylic acids is 1. The minimum Gasteiger partial charge on any atom is -0.495 e. The summed E-state index contributed by atoms with van der Waals surface area (Å²) in [4.78, 5) is 22.2. The third kappa shape index (κ3) is 3.75. The number of benzene rings is 1. The summed E-state index contributed by atoms with van der Waals surface area (Å²) in [6.45, 7) is 6.23. The lowest BCUT2D eigenvalue weighted by atomic mass is 10.0. The molecule has 2 atom stereocenters. The van der Waals surface area contributed by atoms with Crippen LogP contribution in [0.5, 0.6) is 5.75 Å². The van der Waals surface area contributed by atoms with Gasteiger partial charge >= 0.3 is 0 Å². The maximum absolute atomic E-state index is 13.0. The van der Waals surface area contributed by atoms with Crippen LogP contribution in [0.1, 0.15) is 25.9 Å². The highest BCUT2D eigenvalue weighted by molar-refractivity contribution is 7.11. The quantitative estimate of drug-likeness (QED) is 0.794. The Morgan fingerprint density at radius 2 is 2.21 bits per heavy atom. The van der Waals surface area contributed by atoms with E-state index in [9.17, 15) is 9.90 Å². The number of aromatic nitrogens is 1. The summed E-state index contributed by atoms with van der Waals surface area (Å²) in [6.07, 6.45) is 0. The van der Waals surface area contributed by atoms with E-state index in [4.69, 9.17) is 21.1 Å². The van der Waals surface area contributed by atoms with Crippen LogP contribution in [-0.4, -0.2) is 71.7 Å². The van der Waals surface area contributed by atoms with E-state index in [0.717, 1.165) is 15.6 Å². The van der Waals surface area contributed by atoms with E-state index < -0.39 is 5.79 Å². The van der Waals surface area contributed by atoms with Gasteiger partial charge in [-0.15, -0.1) is 11.3 Å². The molecule has 2 fully saturated rings. The Morgan fingerprint density at radius 1 is 1.41 bits per heavy atom. The van der Waals surface area contributed by atoms with Gasteiger partial charge in [-0.3, -0.25) is 9.69 Å². The van der Waals surface area contributed by atoms with Crippen LogP contribution in [0.15, 0.2) is 18.2 Å². The standard InChI is InChI=1S/C20H24ClN3O4S/c1-12-18(29-13(2)22-12)20(26)11-24-8-7-23(9-14(24)10-28-20)19(25)15-5-4-6-16(27-3)17(15)21/h4-6,14,26H,7-11H2,1-3H3/t14-,20+/m0/s1. The highest BCUT2D eigenvalue weighted by Crippen LogP contribution is 2.36. The van der Waals surface area contributed by atoms with E-state index in [1.807, 2.05) is 13.8 Å². The minimum atomic E-state index is -1.35. The Morgan fingerprint density at radius 3 is 2.90 bits per heavy atom. The van der Waals surface area contributed by atoms with Crippen LogP contribution in [0.3, 0.4) is 0 Å². The van der Waals surface area contributed by atoms with Crippen LogP contribution < -0.4 is 4.74 Å². The number of hydrogen-bond acceptors (Lipinski definition) is 7. The lowest BCUT2D eigenvalue weighted by Gasteiger charge is -2.48. The van der Waals surface area contributed by atoms with Gasteiger partial charge in [0.05, 0.1) is 52.5 Å². The molecule has 0 saturated carbocycles. The number of aryl methyl sites for hydroxylation is 2. The van der Waals surface area contributed by atoms with Crippen LogP contribution in [0.25, 0.3) is 0 Å². The summed E-state index contributed by atoms with van der Waals surface area (Å²) < 4.78 is 11.1. The number of hydrogen-bond donors (Lipinski definition) is 1. The van der Waals surface area contributed by atoms with Crippen LogP contribution in [0.4, 0.5) is 0 Å². The third-order valence-electron chi connectivity index (χ3n) is 5.50. The number of piperazine rings is 1. The summed E-state index contributed by atoms with van der Waals surface area (Å²) in [5, 5.41) is 12.3. The molecule has 2 aromatic rings. The molecule has 0 radical (unpaired) electrons. The molecule has 2 saturated heterocycles. The molecule has 1 N–H and O–H groups in total. The Bertz CT molecular complexity index is 936. The number of amides is 1. The lowest BCUT2D eigenvalue weighted by molar-refractivity contribution is -0.264. The fourth-order valence-corrected chi connectivity index (χ4v) is 5.27. The number of carbonyl (C=O) groups is 1. The second kappa shape index (κ2) is 7.85. The molecule has 1 aromatic heterocycles. The molecule has 29 heavy (non-hydrogen) atoms.